The van der Waals surface area contributed by atoms with Crippen LogP contribution >= 0.6 is 23.2 Å². The average molecular weight is 428 g/mol. The number of nitrogens with zero attached hydrogens (tertiary/aromatic N) is 4. The minimum absolute atomic E-state index is 0.0990. The molecule has 0 saturated heterocycles. The van der Waals surface area contributed by atoms with E-state index in [-0.39, 0.29) is 5.69 Å². The van der Waals surface area contributed by atoms with Gasteiger partial charge >= 0.3 is 0 Å². The van der Waals surface area contributed by atoms with Gasteiger partial charge < -0.3 is 4.57 Å². The van der Waals surface area contributed by atoms with E-state index in [9.17, 15) is 4.79 Å². The first-order valence-electron chi connectivity index (χ1n) is 8.67. The Morgan fingerprint density at radius 3 is 2.83 bits per heavy atom. The highest BCUT2D eigenvalue weighted by molar-refractivity contribution is 6.35. The van der Waals surface area contributed by atoms with Crippen molar-refractivity contribution in [3.05, 3.63) is 81.2 Å². The van der Waals surface area contributed by atoms with Crippen molar-refractivity contribution in [2.75, 3.05) is 0 Å². The third-order valence-electron chi connectivity index (χ3n) is 4.41. The fourth-order valence-electron chi connectivity index (χ4n) is 2.99. The van der Waals surface area contributed by atoms with E-state index in [0.29, 0.717) is 22.3 Å². The van der Waals surface area contributed by atoms with Crippen LogP contribution in [0.2, 0.25) is 10.0 Å². The molecule has 2 heterocycles. The number of aromatic nitrogens is 3. The second kappa shape index (κ2) is 8.06. The van der Waals surface area contributed by atoms with Crippen LogP contribution in [0.4, 0.5) is 0 Å². The highest BCUT2D eigenvalue weighted by Gasteiger charge is 2.14. The zero-order valence-electron chi connectivity index (χ0n) is 15.3. The van der Waals surface area contributed by atoms with Crippen LogP contribution in [0.5, 0.6) is 0 Å². The van der Waals surface area contributed by atoms with E-state index in [1.165, 1.54) is 0 Å². The number of para-hydroxylation sites is 1. The van der Waals surface area contributed by atoms with Crippen LogP contribution in [-0.4, -0.2) is 27.0 Å². The van der Waals surface area contributed by atoms with Gasteiger partial charge in [0.15, 0.2) is 5.69 Å². The Bertz CT molecular complexity index is 1230. The molecule has 0 spiro atoms. The van der Waals surface area contributed by atoms with Gasteiger partial charge in [0.25, 0.3) is 5.91 Å². The topological polar surface area (TPSA) is 85.3 Å². The highest BCUT2D eigenvalue weighted by atomic mass is 35.5. The van der Waals surface area contributed by atoms with Crippen molar-refractivity contribution in [3.63, 3.8) is 0 Å². The Labute approximate surface area is 175 Å². The first kappa shape index (κ1) is 19.2. The van der Waals surface area contributed by atoms with Gasteiger partial charge in [-0.1, -0.05) is 52.6 Å². The van der Waals surface area contributed by atoms with Gasteiger partial charge in [0.2, 0.25) is 0 Å². The summed E-state index contributed by atoms with van der Waals surface area (Å²) in [5.41, 5.74) is 5.74. The zero-order chi connectivity index (χ0) is 20.4. The molecule has 1 N–H and O–H groups in total. The van der Waals surface area contributed by atoms with E-state index in [1.807, 2.05) is 42.6 Å². The van der Waals surface area contributed by atoms with Crippen molar-refractivity contribution >= 4 is 46.2 Å². The molecule has 146 valence electrons. The molecule has 0 aliphatic rings. The molecule has 0 aliphatic heterocycles. The molecule has 1 amide bonds. The maximum absolute atomic E-state index is 12.1. The van der Waals surface area contributed by atoms with Gasteiger partial charge in [-0.05, 0) is 35.8 Å². The molecule has 0 saturated carbocycles. The normalized spacial score (nSPS) is 11.4. The van der Waals surface area contributed by atoms with Gasteiger partial charge in [-0.2, -0.15) is 5.10 Å². The van der Waals surface area contributed by atoms with Gasteiger partial charge in [-0.15, -0.1) is 0 Å². The monoisotopic (exact) mass is 427 g/mol. The van der Waals surface area contributed by atoms with Crippen molar-refractivity contribution in [2.24, 2.45) is 5.10 Å². The first-order valence-corrected chi connectivity index (χ1v) is 9.43. The number of hydrogen-bond acceptors (Lipinski definition) is 5. The number of amides is 1. The van der Waals surface area contributed by atoms with Gasteiger partial charge in [-0.3, -0.25) is 4.79 Å². The number of fused-ring (bicyclic) bond motifs is 1. The summed E-state index contributed by atoms with van der Waals surface area (Å²) >= 11 is 12.3. The summed E-state index contributed by atoms with van der Waals surface area (Å²) in [5, 5.41) is 13.4. The van der Waals surface area contributed by atoms with Gasteiger partial charge in [-0.25, -0.2) is 10.1 Å². The molecule has 0 fully saturated rings. The number of hydrogen-bond donors (Lipinski definition) is 1. The third-order valence-corrected chi connectivity index (χ3v) is 5.00. The molecule has 7 nitrogen and oxygen atoms in total. The fourth-order valence-corrected chi connectivity index (χ4v) is 3.46. The van der Waals surface area contributed by atoms with Crippen LogP contribution < -0.4 is 5.43 Å². The highest BCUT2D eigenvalue weighted by Crippen LogP contribution is 2.25. The number of carbonyl (C=O) groups excluding carboxylic acids is 1. The summed E-state index contributed by atoms with van der Waals surface area (Å²) in [6, 6.07) is 13.4. The maximum Gasteiger partial charge on any atom is 0.295 e. The van der Waals surface area contributed by atoms with Crippen LogP contribution in [0.3, 0.4) is 0 Å². The molecule has 9 heteroatoms. The van der Waals surface area contributed by atoms with E-state index in [0.717, 1.165) is 22.0 Å². The Morgan fingerprint density at radius 1 is 1.24 bits per heavy atom. The lowest BCUT2D eigenvalue weighted by atomic mass is 10.2. The molecule has 0 radical (unpaired) electrons. The Hall–Kier alpha value is -3.16. The van der Waals surface area contributed by atoms with Crippen LogP contribution in [-0.2, 0) is 6.54 Å². The zero-order valence-corrected chi connectivity index (χ0v) is 16.8. The number of hydrazone groups is 1. The van der Waals surface area contributed by atoms with E-state index in [4.69, 9.17) is 23.2 Å². The summed E-state index contributed by atoms with van der Waals surface area (Å²) in [7, 11) is 0. The van der Waals surface area contributed by atoms with Crippen LogP contribution in [0, 0.1) is 6.92 Å². The lowest BCUT2D eigenvalue weighted by Crippen LogP contribution is -2.19. The molecule has 0 bridgehead atoms. The molecule has 0 atom stereocenters. The maximum atomic E-state index is 12.1. The molecule has 2 aromatic heterocycles. The van der Waals surface area contributed by atoms with Crippen molar-refractivity contribution < 1.29 is 9.42 Å². The standard InChI is InChI=1S/C20H15Cl2N5O2/c1-12-19(26-29-25-12)20(28)24-23-9-14-11-27(18-5-3-2-4-16(14)18)10-13-6-7-15(21)8-17(13)22/h2-9,11H,10H2,1H3,(H,24,28)/b23-9+. The third kappa shape index (κ3) is 4.01. The Kier molecular flexibility index (Phi) is 5.33. The number of carbonyl (C=O) groups is 1. The SMILES string of the molecule is Cc1nonc1C(=O)N/N=C/c1cn(Cc2ccc(Cl)cc2Cl)c2ccccc12. The summed E-state index contributed by atoms with van der Waals surface area (Å²) < 4.78 is 6.60. The number of nitrogens with one attached hydrogen (secondary N) is 1. The molecular formula is C20H15Cl2N5O2. The summed E-state index contributed by atoms with van der Waals surface area (Å²) in [4.78, 5) is 12.1. The van der Waals surface area contributed by atoms with Crippen molar-refractivity contribution in [2.45, 2.75) is 13.5 Å². The first-order chi connectivity index (χ1) is 14.0. The second-order valence-corrected chi connectivity index (χ2v) is 7.21. The van der Waals surface area contributed by atoms with Crippen molar-refractivity contribution in [1.29, 1.82) is 0 Å². The van der Waals surface area contributed by atoms with Gasteiger partial charge in [0.05, 0.1) is 6.21 Å². The molecule has 0 aliphatic carbocycles. The molecule has 4 aromatic rings. The lowest BCUT2D eigenvalue weighted by molar-refractivity contribution is 0.0945. The average Bonchev–Trinajstić information content (AvgIpc) is 3.28. The number of benzene rings is 2. The van der Waals surface area contributed by atoms with E-state index in [1.54, 1.807) is 19.2 Å². The van der Waals surface area contributed by atoms with E-state index in [2.05, 4.69) is 30.0 Å². The molecule has 29 heavy (non-hydrogen) atoms. The van der Waals surface area contributed by atoms with Gasteiger partial charge in [0.1, 0.15) is 5.69 Å². The van der Waals surface area contributed by atoms with Crippen molar-refractivity contribution in [3.8, 4) is 0 Å². The number of rotatable bonds is 5. The van der Waals surface area contributed by atoms with Crippen LogP contribution in [0.25, 0.3) is 10.9 Å². The quantitative estimate of drug-likeness (QED) is 0.376. The molecule has 4 rings (SSSR count). The lowest BCUT2D eigenvalue weighted by Gasteiger charge is -2.08. The van der Waals surface area contributed by atoms with E-state index >= 15 is 0 Å². The largest absolute Gasteiger partial charge is 0.342 e. The number of aryl methyl sites for hydroxylation is 1. The summed E-state index contributed by atoms with van der Waals surface area (Å²) in [5.74, 6) is -0.489. The predicted octanol–water partition coefficient (Wildman–Crippen LogP) is 4.45. The fraction of sp³-hybridized carbons (Fsp3) is 0.100. The van der Waals surface area contributed by atoms with Gasteiger partial charge in [0, 0.05) is 39.3 Å². The smallest absolute Gasteiger partial charge is 0.295 e. The van der Waals surface area contributed by atoms with Crippen LogP contribution in [0.1, 0.15) is 27.3 Å². The predicted molar refractivity (Wildman–Crippen MR) is 112 cm³/mol. The molecule has 0 unspecified atom stereocenters. The second-order valence-electron chi connectivity index (χ2n) is 6.36. The molecule has 2 aromatic carbocycles. The molecular weight excluding hydrogens is 413 g/mol. The Balaban J connectivity index is 1.60. The minimum Gasteiger partial charge on any atom is -0.342 e. The Morgan fingerprint density at radius 2 is 2.07 bits per heavy atom. The minimum atomic E-state index is -0.489. The summed E-state index contributed by atoms with van der Waals surface area (Å²) in [6.45, 7) is 2.20. The van der Waals surface area contributed by atoms with Crippen LogP contribution in [0.15, 0.2) is 58.4 Å². The van der Waals surface area contributed by atoms with Crippen molar-refractivity contribution in [1.82, 2.24) is 20.3 Å². The number of halogens is 2. The summed E-state index contributed by atoms with van der Waals surface area (Å²) in [6.07, 6.45) is 3.54. The van der Waals surface area contributed by atoms with E-state index < -0.39 is 5.91 Å².